The van der Waals surface area contributed by atoms with Crippen molar-refractivity contribution < 1.29 is 0 Å². The number of hydrogen-bond acceptors (Lipinski definition) is 1. The summed E-state index contributed by atoms with van der Waals surface area (Å²) in [6.45, 7) is 2.64. The van der Waals surface area contributed by atoms with Gasteiger partial charge >= 0.3 is 0 Å². The van der Waals surface area contributed by atoms with Gasteiger partial charge in [-0.15, -0.1) is 0 Å². The van der Waals surface area contributed by atoms with Gasteiger partial charge in [0.2, 0.25) is 0 Å². The van der Waals surface area contributed by atoms with E-state index < -0.39 is 7.22 Å². The Bertz CT molecular complexity index is 255. The average molecular weight is 224 g/mol. The fraction of sp³-hybridized carbons (Fsp3) is 0.833. The van der Waals surface area contributed by atoms with Gasteiger partial charge in [0.15, 0.2) is 0 Å². The van der Waals surface area contributed by atoms with E-state index in [-0.39, 0.29) is 0 Å². The molecule has 1 aliphatic heterocycles. The van der Waals surface area contributed by atoms with Crippen molar-refractivity contribution in [2.24, 2.45) is 17.8 Å². The van der Waals surface area contributed by atoms with Crippen LogP contribution in [0.2, 0.25) is 18.6 Å². The van der Waals surface area contributed by atoms with Crippen molar-refractivity contribution in [3.05, 3.63) is 12.2 Å². The standard InChI is InChI=1S/C12H20SSi/c1-14(6-2-5-13-14)9-12-8-10-3-4-11(12)7-10/h3-4,10-12H,2,5-9H2,1H3. The van der Waals surface area contributed by atoms with E-state index in [1.54, 1.807) is 12.1 Å². The van der Waals surface area contributed by atoms with Gasteiger partial charge in [0, 0.05) is 0 Å². The highest BCUT2D eigenvalue weighted by atomic mass is 32.4. The Morgan fingerprint density at radius 3 is 2.86 bits per heavy atom. The maximum Gasteiger partial charge on any atom is 0.114 e. The molecule has 2 aliphatic carbocycles. The average Bonchev–Trinajstić information content (AvgIpc) is 2.80. The summed E-state index contributed by atoms with van der Waals surface area (Å²) in [6, 6.07) is 3.23. The maximum atomic E-state index is 2.64. The molecule has 78 valence electrons. The van der Waals surface area contributed by atoms with E-state index in [2.05, 4.69) is 29.9 Å². The van der Waals surface area contributed by atoms with Crippen LogP contribution in [0.15, 0.2) is 12.2 Å². The summed E-state index contributed by atoms with van der Waals surface area (Å²) in [6.07, 6.45) is 9.55. The van der Waals surface area contributed by atoms with Crippen LogP contribution in [0.4, 0.5) is 0 Å². The van der Waals surface area contributed by atoms with Gasteiger partial charge in [-0.2, -0.15) is 11.2 Å². The molecule has 0 aromatic heterocycles. The van der Waals surface area contributed by atoms with E-state index >= 15 is 0 Å². The zero-order valence-corrected chi connectivity index (χ0v) is 10.9. The number of hydrogen-bond donors (Lipinski definition) is 0. The SMILES string of the molecule is C[Si]1(CC2CC3C=CC2C3)CCCS1. The Balaban J connectivity index is 1.65. The molecule has 0 nitrogen and oxygen atoms in total. The minimum absolute atomic E-state index is 0.806. The molecule has 0 radical (unpaired) electrons. The minimum Gasteiger partial charge on any atom is -0.185 e. The summed E-state index contributed by atoms with van der Waals surface area (Å²) in [5.41, 5.74) is 0. The highest BCUT2D eigenvalue weighted by Gasteiger charge is 2.42. The molecule has 3 rings (SSSR count). The molecule has 0 amide bonds. The Labute approximate surface area is 92.2 Å². The van der Waals surface area contributed by atoms with E-state index in [0.29, 0.717) is 0 Å². The summed E-state index contributed by atoms with van der Waals surface area (Å²) in [7, 11) is -0.806. The van der Waals surface area contributed by atoms with E-state index in [4.69, 9.17) is 0 Å². The van der Waals surface area contributed by atoms with Gasteiger partial charge in [-0.05, 0) is 54.9 Å². The van der Waals surface area contributed by atoms with Crippen molar-refractivity contribution in [3.63, 3.8) is 0 Å². The van der Waals surface area contributed by atoms with Gasteiger partial charge in [-0.3, -0.25) is 0 Å². The first-order valence-electron chi connectivity index (χ1n) is 6.07. The summed E-state index contributed by atoms with van der Waals surface area (Å²) in [5, 5.41) is 0. The maximum absolute atomic E-state index is 2.64. The molecule has 0 aromatic rings. The van der Waals surface area contributed by atoms with Crippen LogP contribution in [0.1, 0.15) is 19.3 Å². The summed E-state index contributed by atoms with van der Waals surface area (Å²) < 4.78 is 0. The fourth-order valence-corrected chi connectivity index (χ4v) is 11.5. The van der Waals surface area contributed by atoms with Gasteiger partial charge in [-0.1, -0.05) is 18.7 Å². The molecule has 2 heteroatoms. The lowest BCUT2D eigenvalue weighted by Crippen LogP contribution is -2.27. The molecule has 2 fully saturated rings. The third kappa shape index (κ3) is 1.61. The van der Waals surface area contributed by atoms with Crippen LogP contribution in [0.3, 0.4) is 0 Å². The predicted molar refractivity (Wildman–Crippen MR) is 67.2 cm³/mol. The predicted octanol–water partition coefficient (Wildman–Crippen LogP) is 3.91. The van der Waals surface area contributed by atoms with Crippen molar-refractivity contribution in [1.82, 2.24) is 0 Å². The normalized spacial score (nSPS) is 50.5. The first-order chi connectivity index (χ1) is 6.75. The van der Waals surface area contributed by atoms with Gasteiger partial charge in [0.05, 0.1) is 0 Å². The highest BCUT2D eigenvalue weighted by molar-refractivity contribution is 8.29. The van der Waals surface area contributed by atoms with E-state index in [1.165, 1.54) is 25.0 Å². The van der Waals surface area contributed by atoms with Gasteiger partial charge in [0.25, 0.3) is 0 Å². The van der Waals surface area contributed by atoms with Crippen molar-refractivity contribution in [2.45, 2.75) is 37.9 Å². The van der Waals surface area contributed by atoms with E-state index in [0.717, 1.165) is 17.8 Å². The molecule has 1 saturated heterocycles. The first-order valence-corrected chi connectivity index (χ1v) is 10.7. The largest absolute Gasteiger partial charge is 0.185 e. The van der Waals surface area contributed by atoms with Crippen molar-refractivity contribution in [3.8, 4) is 0 Å². The van der Waals surface area contributed by atoms with E-state index in [9.17, 15) is 0 Å². The smallest absolute Gasteiger partial charge is 0.114 e. The highest BCUT2D eigenvalue weighted by Crippen LogP contribution is 2.50. The molecule has 3 aliphatic rings. The number of rotatable bonds is 2. The molecule has 1 heterocycles. The second-order valence-corrected chi connectivity index (χ2v) is 14.0. The zero-order chi connectivity index (χ0) is 9.60. The third-order valence-corrected chi connectivity index (χ3v) is 12.2. The Hall–Kier alpha value is 0.307. The van der Waals surface area contributed by atoms with Crippen molar-refractivity contribution in [2.75, 3.05) is 5.75 Å². The molecule has 4 atom stereocenters. The molecule has 2 bridgehead atoms. The monoisotopic (exact) mass is 224 g/mol. The number of allylic oxidation sites excluding steroid dienone is 2. The molecule has 0 spiro atoms. The summed E-state index contributed by atoms with van der Waals surface area (Å²) >= 11 is 2.37. The van der Waals surface area contributed by atoms with Crippen molar-refractivity contribution >= 4 is 18.4 Å². The summed E-state index contributed by atoms with van der Waals surface area (Å²) in [4.78, 5) is 0. The van der Waals surface area contributed by atoms with Gasteiger partial charge in [-0.25, -0.2) is 0 Å². The first kappa shape index (κ1) is 9.53. The van der Waals surface area contributed by atoms with Crippen LogP contribution in [0.25, 0.3) is 0 Å². The molecule has 1 saturated carbocycles. The van der Waals surface area contributed by atoms with Crippen LogP contribution in [-0.4, -0.2) is 13.0 Å². The van der Waals surface area contributed by atoms with Crippen LogP contribution in [0, 0.1) is 17.8 Å². The molecule has 0 N–H and O–H groups in total. The molecular weight excluding hydrogens is 204 g/mol. The molecule has 14 heavy (non-hydrogen) atoms. The van der Waals surface area contributed by atoms with Crippen LogP contribution in [0.5, 0.6) is 0 Å². The van der Waals surface area contributed by atoms with Crippen LogP contribution in [-0.2, 0) is 0 Å². The molecule has 0 aromatic carbocycles. The Kier molecular flexibility index (Phi) is 2.32. The summed E-state index contributed by atoms with van der Waals surface area (Å²) in [5.74, 6) is 4.53. The lowest BCUT2D eigenvalue weighted by Gasteiger charge is -2.27. The van der Waals surface area contributed by atoms with Crippen molar-refractivity contribution in [1.29, 1.82) is 0 Å². The Morgan fingerprint density at radius 1 is 1.36 bits per heavy atom. The van der Waals surface area contributed by atoms with Gasteiger partial charge in [0.1, 0.15) is 7.22 Å². The topological polar surface area (TPSA) is 0 Å². The lowest BCUT2D eigenvalue weighted by molar-refractivity contribution is 0.488. The van der Waals surface area contributed by atoms with Crippen LogP contribution < -0.4 is 0 Å². The quantitative estimate of drug-likeness (QED) is 0.506. The second kappa shape index (κ2) is 3.41. The Morgan fingerprint density at radius 2 is 2.29 bits per heavy atom. The number of fused-ring (bicyclic) bond motifs is 2. The second-order valence-electron chi connectivity index (χ2n) is 5.65. The van der Waals surface area contributed by atoms with E-state index in [1.807, 2.05) is 0 Å². The van der Waals surface area contributed by atoms with Gasteiger partial charge < -0.3 is 0 Å². The zero-order valence-electron chi connectivity index (χ0n) is 9.04. The lowest BCUT2D eigenvalue weighted by atomic mass is 9.96. The third-order valence-electron chi connectivity index (χ3n) is 4.41. The minimum atomic E-state index is -0.806. The molecule has 4 unspecified atom stereocenters. The molecular formula is C12H20SSi. The fourth-order valence-electron chi connectivity index (χ4n) is 3.68. The van der Waals surface area contributed by atoms with Crippen LogP contribution >= 0.6 is 11.2 Å².